The Hall–Kier alpha value is -1.59. The fourth-order valence-corrected chi connectivity index (χ4v) is 1.74. The number of hydrogen-bond acceptors (Lipinski definition) is 3. The molecule has 0 bridgehead atoms. The van der Waals surface area contributed by atoms with E-state index in [1.807, 2.05) is 37.3 Å². The maximum atomic E-state index is 10.7. The summed E-state index contributed by atoms with van der Waals surface area (Å²) in [5.74, 6) is 0. The number of aliphatic hydroxyl groups is 1. The van der Waals surface area contributed by atoms with Crippen LogP contribution in [0.1, 0.15) is 12.5 Å². The van der Waals surface area contributed by atoms with E-state index in [4.69, 9.17) is 5.11 Å². The summed E-state index contributed by atoms with van der Waals surface area (Å²) in [4.78, 5) is 10.7. The zero-order valence-corrected chi connectivity index (χ0v) is 10.5. The third-order valence-corrected chi connectivity index (χ3v) is 2.68. The Balaban J connectivity index is 2.63. The van der Waals surface area contributed by atoms with Crippen LogP contribution in [0, 0.1) is 0 Å². The standard InChI is InChI=1S/C13H20N2O3/c1-2-14-9-12(16)11(15-13(17)18)8-10-6-4-3-5-7-10/h3-7,11-12,14-16H,2,8-9H2,1H3,(H,17,18)/t11-,12-/m0/s1. The molecular weight excluding hydrogens is 232 g/mol. The molecule has 0 radical (unpaired) electrons. The SMILES string of the molecule is CCNC[C@H](O)[C@H](Cc1ccccc1)NC(=O)O. The minimum atomic E-state index is -1.12. The second-order valence-electron chi connectivity index (χ2n) is 4.12. The van der Waals surface area contributed by atoms with Crippen molar-refractivity contribution in [1.29, 1.82) is 0 Å². The smallest absolute Gasteiger partial charge is 0.404 e. The van der Waals surface area contributed by atoms with E-state index in [-0.39, 0.29) is 0 Å². The van der Waals surface area contributed by atoms with Crippen LogP contribution in [0.3, 0.4) is 0 Å². The fraction of sp³-hybridized carbons (Fsp3) is 0.462. The number of nitrogens with one attached hydrogen (secondary N) is 2. The van der Waals surface area contributed by atoms with Crippen molar-refractivity contribution < 1.29 is 15.0 Å². The normalized spacial score (nSPS) is 13.9. The Bertz CT molecular complexity index is 357. The summed E-state index contributed by atoms with van der Waals surface area (Å²) in [6, 6.07) is 9.00. The van der Waals surface area contributed by atoms with Gasteiger partial charge in [0.2, 0.25) is 0 Å². The van der Waals surface area contributed by atoms with E-state index in [0.717, 1.165) is 12.1 Å². The molecule has 0 aliphatic heterocycles. The first-order valence-electron chi connectivity index (χ1n) is 6.05. The number of rotatable bonds is 7. The number of carbonyl (C=O) groups is 1. The molecule has 0 aromatic heterocycles. The van der Waals surface area contributed by atoms with E-state index in [0.29, 0.717) is 13.0 Å². The lowest BCUT2D eigenvalue weighted by molar-refractivity contribution is 0.118. The molecule has 4 N–H and O–H groups in total. The molecule has 0 saturated heterocycles. The first-order valence-corrected chi connectivity index (χ1v) is 6.05. The number of hydrogen-bond donors (Lipinski definition) is 4. The largest absolute Gasteiger partial charge is 0.465 e. The lowest BCUT2D eigenvalue weighted by Crippen LogP contribution is -2.48. The summed E-state index contributed by atoms with van der Waals surface area (Å²) >= 11 is 0. The highest BCUT2D eigenvalue weighted by atomic mass is 16.4. The van der Waals surface area contributed by atoms with Crippen molar-refractivity contribution >= 4 is 6.09 Å². The second-order valence-corrected chi connectivity index (χ2v) is 4.12. The molecule has 1 aromatic carbocycles. The maximum absolute atomic E-state index is 10.7. The molecule has 0 fully saturated rings. The Morgan fingerprint density at radius 2 is 2.00 bits per heavy atom. The summed E-state index contributed by atoms with van der Waals surface area (Å²) in [5.41, 5.74) is 0.992. The van der Waals surface area contributed by atoms with Gasteiger partial charge in [-0.05, 0) is 18.5 Å². The number of benzene rings is 1. The predicted molar refractivity (Wildman–Crippen MR) is 69.6 cm³/mol. The average Bonchev–Trinajstić information content (AvgIpc) is 2.36. The van der Waals surface area contributed by atoms with Crippen LogP contribution < -0.4 is 10.6 Å². The highest BCUT2D eigenvalue weighted by Gasteiger charge is 2.20. The molecule has 2 atom stereocenters. The molecule has 1 amide bonds. The van der Waals surface area contributed by atoms with Crippen molar-refractivity contribution in [3.05, 3.63) is 35.9 Å². The predicted octanol–water partition coefficient (Wildman–Crippen LogP) is 0.836. The quantitative estimate of drug-likeness (QED) is 0.579. The van der Waals surface area contributed by atoms with Crippen LogP contribution in [0.5, 0.6) is 0 Å². The van der Waals surface area contributed by atoms with Gasteiger partial charge in [0, 0.05) is 6.54 Å². The number of amides is 1. The molecule has 18 heavy (non-hydrogen) atoms. The molecule has 5 heteroatoms. The van der Waals surface area contributed by atoms with Crippen LogP contribution in [0.2, 0.25) is 0 Å². The minimum Gasteiger partial charge on any atom is -0.465 e. The zero-order chi connectivity index (χ0) is 13.4. The van der Waals surface area contributed by atoms with E-state index in [9.17, 15) is 9.90 Å². The molecule has 100 valence electrons. The zero-order valence-electron chi connectivity index (χ0n) is 10.5. The average molecular weight is 252 g/mol. The molecule has 0 heterocycles. The van der Waals surface area contributed by atoms with Crippen LogP contribution in [0.15, 0.2) is 30.3 Å². The molecule has 5 nitrogen and oxygen atoms in total. The highest BCUT2D eigenvalue weighted by molar-refractivity contribution is 5.65. The van der Waals surface area contributed by atoms with Gasteiger partial charge in [0.1, 0.15) is 0 Å². The van der Waals surface area contributed by atoms with Gasteiger partial charge in [-0.25, -0.2) is 4.79 Å². The van der Waals surface area contributed by atoms with Crippen molar-refractivity contribution in [2.24, 2.45) is 0 Å². The Labute approximate surface area is 107 Å². The van der Waals surface area contributed by atoms with Crippen molar-refractivity contribution in [2.75, 3.05) is 13.1 Å². The van der Waals surface area contributed by atoms with E-state index in [1.165, 1.54) is 0 Å². The molecule has 0 unspecified atom stereocenters. The summed E-state index contributed by atoms with van der Waals surface area (Å²) in [7, 11) is 0. The molecule has 0 aliphatic rings. The number of likely N-dealkylation sites (N-methyl/N-ethyl adjacent to an activating group) is 1. The van der Waals surface area contributed by atoms with Gasteiger partial charge in [0.05, 0.1) is 12.1 Å². The van der Waals surface area contributed by atoms with Gasteiger partial charge >= 0.3 is 6.09 Å². The van der Waals surface area contributed by atoms with E-state index in [1.54, 1.807) is 0 Å². The number of carboxylic acid groups (broad SMARTS) is 1. The van der Waals surface area contributed by atoms with E-state index >= 15 is 0 Å². The van der Waals surface area contributed by atoms with Crippen LogP contribution in [0.4, 0.5) is 4.79 Å². The van der Waals surface area contributed by atoms with Gasteiger partial charge in [-0.1, -0.05) is 37.3 Å². The first-order chi connectivity index (χ1) is 8.63. The van der Waals surface area contributed by atoms with Gasteiger partial charge in [0.25, 0.3) is 0 Å². The van der Waals surface area contributed by atoms with Gasteiger partial charge in [-0.2, -0.15) is 0 Å². The first kappa shape index (κ1) is 14.5. The Morgan fingerprint density at radius 3 is 2.56 bits per heavy atom. The van der Waals surface area contributed by atoms with Crippen molar-refractivity contribution in [1.82, 2.24) is 10.6 Å². The third kappa shape index (κ3) is 5.16. The molecule has 1 aromatic rings. The van der Waals surface area contributed by atoms with Crippen LogP contribution in [-0.2, 0) is 6.42 Å². The van der Waals surface area contributed by atoms with Crippen LogP contribution in [0.25, 0.3) is 0 Å². The lowest BCUT2D eigenvalue weighted by Gasteiger charge is -2.23. The highest BCUT2D eigenvalue weighted by Crippen LogP contribution is 2.06. The van der Waals surface area contributed by atoms with Gasteiger partial charge < -0.3 is 20.8 Å². The molecule has 0 saturated carbocycles. The Morgan fingerprint density at radius 1 is 1.33 bits per heavy atom. The summed E-state index contributed by atoms with van der Waals surface area (Å²) in [6.07, 6.45) is -1.40. The fourth-order valence-electron chi connectivity index (χ4n) is 1.74. The minimum absolute atomic E-state index is 0.369. The van der Waals surface area contributed by atoms with Crippen molar-refractivity contribution in [3.63, 3.8) is 0 Å². The maximum Gasteiger partial charge on any atom is 0.404 e. The molecular formula is C13H20N2O3. The topological polar surface area (TPSA) is 81.6 Å². The molecule has 0 aliphatic carbocycles. The van der Waals surface area contributed by atoms with E-state index in [2.05, 4.69) is 10.6 Å². The van der Waals surface area contributed by atoms with Gasteiger partial charge in [-0.3, -0.25) is 0 Å². The third-order valence-electron chi connectivity index (χ3n) is 2.68. The lowest BCUT2D eigenvalue weighted by atomic mass is 10.0. The summed E-state index contributed by atoms with van der Waals surface area (Å²) in [5, 5.41) is 24.1. The van der Waals surface area contributed by atoms with Gasteiger partial charge in [-0.15, -0.1) is 0 Å². The second kappa shape index (κ2) is 7.68. The number of aliphatic hydroxyl groups excluding tert-OH is 1. The van der Waals surface area contributed by atoms with Gasteiger partial charge in [0.15, 0.2) is 0 Å². The summed E-state index contributed by atoms with van der Waals surface area (Å²) < 4.78 is 0. The van der Waals surface area contributed by atoms with Crippen molar-refractivity contribution in [2.45, 2.75) is 25.5 Å². The summed E-state index contributed by atoms with van der Waals surface area (Å²) in [6.45, 7) is 3.04. The van der Waals surface area contributed by atoms with E-state index < -0.39 is 18.2 Å². The van der Waals surface area contributed by atoms with Crippen LogP contribution >= 0.6 is 0 Å². The van der Waals surface area contributed by atoms with Crippen molar-refractivity contribution in [3.8, 4) is 0 Å². The van der Waals surface area contributed by atoms with Crippen LogP contribution in [-0.4, -0.2) is 41.5 Å². The molecule has 1 rings (SSSR count). The molecule has 0 spiro atoms. The Kier molecular flexibility index (Phi) is 6.18. The monoisotopic (exact) mass is 252 g/mol.